The summed E-state index contributed by atoms with van der Waals surface area (Å²) >= 11 is 5.46. The molecular weight excluding hydrogens is 166 g/mol. The lowest BCUT2D eigenvalue weighted by molar-refractivity contribution is -0.255. The van der Waals surface area contributed by atoms with Gasteiger partial charge in [-0.1, -0.05) is 17.7 Å². The van der Waals surface area contributed by atoms with Crippen LogP contribution in [0.1, 0.15) is 16.1 Å². The highest BCUT2D eigenvalue weighted by Gasteiger charge is 2.00. The van der Waals surface area contributed by atoms with Gasteiger partial charge in [-0.2, -0.15) is 0 Å². The lowest BCUT2D eigenvalue weighted by atomic mass is 10.2. The number of aromatic carboxylic acids is 1. The third kappa shape index (κ3) is 1.68. The largest absolute Gasteiger partial charge is 0.543 e. The molecule has 0 fully saturated rings. The van der Waals surface area contributed by atoms with Crippen molar-refractivity contribution in [2.75, 3.05) is 0 Å². The number of carbonyl (C=O) groups is 1. The second-order valence-corrected chi connectivity index (χ2v) is 2.47. The Kier molecular flexibility index (Phi) is 2.10. The first-order valence-corrected chi connectivity index (χ1v) is 3.33. The van der Waals surface area contributed by atoms with Gasteiger partial charge in [0.05, 0.1) is 11.7 Å². The maximum Gasteiger partial charge on any atom is 0.129 e. The molecule has 0 spiro atoms. The fraction of sp³-hybridized carbons (Fsp3) is 0.143. The van der Waals surface area contributed by atoms with E-state index in [-0.39, 0.29) is 10.8 Å². The predicted octanol–water partition coefficient (Wildman–Crippen LogP) is 0.407. The van der Waals surface area contributed by atoms with Gasteiger partial charge in [-0.15, -0.1) is 0 Å². The van der Waals surface area contributed by atoms with Gasteiger partial charge in [0.2, 0.25) is 0 Å². The SMILES string of the molecule is Cc1ccc(Cl)nc1C(=O)[O-]. The van der Waals surface area contributed by atoms with Gasteiger partial charge >= 0.3 is 0 Å². The number of carbonyl (C=O) groups excluding carboxylic acids is 1. The highest BCUT2D eigenvalue weighted by molar-refractivity contribution is 6.29. The number of carboxylic acid groups (broad SMARTS) is 1. The van der Waals surface area contributed by atoms with Crippen LogP contribution in [0.5, 0.6) is 0 Å². The van der Waals surface area contributed by atoms with Crippen molar-refractivity contribution in [3.63, 3.8) is 0 Å². The van der Waals surface area contributed by atoms with Crippen LogP contribution in [-0.4, -0.2) is 11.0 Å². The molecule has 1 heterocycles. The molecule has 0 aromatic carbocycles. The minimum atomic E-state index is -1.30. The molecule has 1 aromatic rings. The molecule has 3 nitrogen and oxygen atoms in total. The van der Waals surface area contributed by atoms with Crippen LogP contribution >= 0.6 is 11.6 Å². The van der Waals surface area contributed by atoms with Crippen LogP contribution in [0.3, 0.4) is 0 Å². The van der Waals surface area contributed by atoms with Gasteiger partial charge in [-0.25, -0.2) is 4.98 Å². The average molecular weight is 171 g/mol. The third-order valence-corrected chi connectivity index (χ3v) is 1.47. The van der Waals surface area contributed by atoms with E-state index in [1.165, 1.54) is 6.07 Å². The van der Waals surface area contributed by atoms with E-state index in [1.807, 2.05) is 0 Å². The Hall–Kier alpha value is -1.09. The molecule has 0 amide bonds. The van der Waals surface area contributed by atoms with Crippen molar-refractivity contribution in [2.24, 2.45) is 0 Å². The first-order chi connectivity index (χ1) is 5.11. The summed E-state index contributed by atoms with van der Waals surface area (Å²) in [6.07, 6.45) is 0. The summed E-state index contributed by atoms with van der Waals surface area (Å²) in [6.45, 7) is 1.63. The van der Waals surface area contributed by atoms with Crippen molar-refractivity contribution in [3.8, 4) is 0 Å². The number of rotatable bonds is 1. The van der Waals surface area contributed by atoms with Crippen molar-refractivity contribution in [1.82, 2.24) is 4.98 Å². The zero-order valence-corrected chi connectivity index (χ0v) is 6.55. The van der Waals surface area contributed by atoms with E-state index in [0.717, 1.165) is 0 Å². The highest BCUT2D eigenvalue weighted by atomic mass is 35.5. The molecule has 0 saturated carbocycles. The Morgan fingerprint density at radius 3 is 2.73 bits per heavy atom. The molecule has 11 heavy (non-hydrogen) atoms. The molecule has 0 N–H and O–H groups in total. The topological polar surface area (TPSA) is 53.0 Å². The quantitative estimate of drug-likeness (QED) is 0.574. The van der Waals surface area contributed by atoms with Gasteiger partial charge in [-0.3, -0.25) is 0 Å². The summed E-state index contributed by atoms with van der Waals surface area (Å²) in [5, 5.41) is 10.5. The molecule has 0 saturated heterocycles. The van der Waals surface area contributed by atoms with Crippen molar-refractivity contribution in [3.05, 3.63) is 28.5 Å². The van der Waals surface area contributed by atoms with Crippen molar-refractivity contribution >= 4 is 17.6 Å². The summed E-state index contributed by atoms with van der Waals surface area (Å²) < 4.78 is 0. The second-order valence-electron chi connectivity index (χ2n) is 2.09. The van der Waals surface area contributed by atoms with Crippen LogP contribution in [-0.2, 0) is 0 Å². The zero-order chi connectivity index (χ0) is 8.43. The molecule has 0 radical (unpaired) electrons. The van der Waals surface area contributed by atoms with Gasteiger partial charge in [0.1, 0.15) is 5.15 Å². The summed E-state index contributed by atoms with van der Waals surface area (Å²) in [4.78, 5) is 13.9. The van der Waals surface area contributed by atoms with Crippen LogP contribution in [0.15, 0.2) is 12.1 Å². The number of nitrogens with zero attached hydrogens (tertiary/aromatic N) is 1. The van der Waals surface area contributed by atoms with Crippen molar-refractivity contribution < 1.29 is 9.90 Å². The number of pyridine rings is 1. The Morgan fingerprint density at radius 1 is 1.64 bits per heavy atom. The summed E-state index contributed by atoms with van der Waals surface area (Å²) in [5.41, 5.74) is 0.451. The molecule has 0 aliphatic rings. The lowest BCUT2D eigenvalue weighted by Gasteiger charge is -2.04. The van der Waals surface area contributed by atoms with E-state index in [4.69, 9.17) is 11.6 Å². The van der Waals surface area contributed by atoms with E-state index in [9.17, 15) is 9.90 Å². The monoisotopic (exact) mass is 170 g/mol. The van der Waals surface area contributed by atoms with E-state index < -0.39 is 5.97 Å². The van der Waals surface area contributed by atoms with Crippen LogP contribution in [0, 0.1) is 6.92 Å². The van der Waals surface area contributed by atoms with Crippen molar-refractivity contribution in [2.45, 2.75) is 6.92 Å². The number of aryl methyl sites for hydroxylation is 1. The van der Waals surface area contributed by atoms with E-state index in [1.54, 1.807) is 13.0 Å². The number of hydrogen-bond acceptors (Lipinski definition) is 3. The van der Waals surface area contributed by atoms with Crippen molar-refractivity contribution in [1.29, 1.82) is 0 Å². The Balaban J connectivity index is 3.23. The molecule has 0 unspecified atom stereocenters. The molecule has 0 aliphatic heterocycles. The Bertz CT molecular complexity index is 298. The molecule has 4 heteroatoms. The molecule has 1 rings (SSSR count). The fourth-order valence-corrected chi connectivity index (χ4v) is 0.859. The van der Waals surface area contributed by atoms with Crippen LogP contribution in [0.4, 0.5) is 0 Å². The van der Waals surface area contributed by atoms with E-state index in [0.29, 0.717) is 5.56 Å². The zero-order valence-electron chi connectivity index (χ0n) is 5.80. The van der Waals surface area contributed by atoms with E-state index >= 15 is 0 Å². The standard InChI is InChI=1S/C7H6ClNO2/c1-4-2-3-5(8)9-6(4)7(10)11/h2-3H,1H3,(H,10,11)/p-1. The van der Waals surface area contributed by atoms with Gasteiger partial charge in [0.25, 0.3) is 0 Å². The Morgan fingerprint density at radius 2 is 2.27 bits per heavy atom. The van der Waals surface area contributed by atoms with Crippen LogP contribution < -0.4 is 5.11 Å². The van der Waals surface area contributed by atoms with Gasteiger partial charge in [0, 0.05) is 0 Å². The predicted molar refractivity (Wildman–Crippen MR) is 38.3 cm³/mol. The maximum atomic E-state index is 10.3. The highest BCUT2D eigenvalue weighted by Crippen LogP contribution is 2.09. The maximum absolute atomic E-state index is 10.3. The minimum absolute atomic E-state index is 0.0995. The fourth-order valence-electron chi connectivity index (χ4n) is 0.712. The third-order valence-electron chi connectivity index (χ3n) is 1.26. The molecule has 0 bridgehead atoms. The molecular formula is C7H5ClNO2-. The minimum Gasteiger partial charge on any atom is -0.543 e. The number of halogens is 1. The molecule has 0 atom stereocenters. The van der Waals surface area contributed by atoms with Crippen LogP contribution in [0.25, 0.3) is 0 Å². The average Bonchev–Trinajstić information content (AvgIpc) is 1.94. The first-order valence-electron chi connectivity index (χ1n) is 2.96. The number of hydrogen-bond donors (Lipinski definition) is 0. The Labute approximate surface area is 68.6 Å². The first kappa shape index (κ1) is 8.01. The normalized spacial score (nSPS) is 9.64. The molecule has 1 aromatic heterocycles. The van der Waals surface area contributed by atoms with E-state index in [2.05, 4.69) is 4.98 Å². The molecule has 0 aliphatic carbocycles. The molecule has 58 valence electrons. The lowest BCUT2D eigenvalue weighted by Crippen LogP contribution is -2.24. The number of carboxylic acids is 1. The number of aromatic nitrogens is 1. The van der Waals surface area contributed by atoms with Crippen LogP contribution in [0.2, 0.25) is 5.15 Å². The smallest absolute Gasteiger partial charge is 0.129 e. The van der Waals surface area contributed by atoms with Gasteiger partial charge < -0.3 is 9.90 Å². The summed E-state index contributed by atoms with van der Waals surface area (Å²) in [5.74, 6) is -1.30. The second kappa shape index (κ2) is 2.88. The van der Waals surface area contributed by atoms with Gasteiger partial charge in [0.15, 0.2) is 0 Å². The van der Waals surface area contributed by atoms with Gasteiger partial charge in [-0.05, 0) is 18.6 Å². The summed E-state index contributed by atoms with van der Waals surface area (Å²) in [7, 11) is 0. The summed E-state index contributed by atoms with van der Waals surface area (Å²) in [6, 6.07) is 3.11.